The average Bonchev–Trinajstić information content (AvgIpc) is 3.12. The standard InChI is InChI=1S/C27H32N4O/c32-27(30-17-15-29(16-18-30)21-9-6-10-21)20-28-14-13-24-23-11-4-5-12-25(23)31(26(24)19-28)22-7-2-1-3-8-22/h1-5,7-8,11-12,21H,6,9-10,13-20H2. The van der Waals surface area contributed by atoms with E-state index in [2.05, 4.69) is 73.9 Å². The minimum absolute atomic E-state index is 0.295. The summed E-state index contributed by atoms with van der Waals surface area (Å²) < 4.78 is 2.40. The van der Waals surface area contributed by atoms with Crippen molar-refractivity contribution in [2.45, 2.75) is 38.3 Å². The first-order chi connectivity index (χ1) is 15.8. The second kappa shape index (κ2) is 8.38. The van der Waals surface area contributed by atoms with Crippen molar-refractivity contribution < 1.29 is 4.79 Å². The van der Waals surface area contributed by atoms with Crippen molar-refractivity contribution in [3.63, 3.8) is 0 Å². The fourth-order valence-corrected chi connectivity index (χ4v) is 5.75. The molecule has 32 heavy (non-hydrogen) atoms. The Morgan fingerprint density at radius 1 is 0.875 bits per heavy atom. The molecular weight excluding hydrogens is 396 g/mol. The molecular formula is C27H32N4O. The molecule has 2 aliphatic heterocycles. The monoisotopic (exact) mass is 428 g/mol. The molecule has 0 spiro atoms. The third-order valence-corrected chi connectivity index (χ3v) is 7.77. The molecule has 5 nitrogen and oxygen atoms in total. The van der Waals surface area contributed by atoms with Gasteiger partial charge in [0.05, 0.1) is 12.1 Å². The Balaban J connectivity index is 1.20. The minimum Gasteiger partial charge on any atom is -0.339 e. The van der Waals surface area contributed by atoms with Gasteiger partial charge in [-0.1, -0.05) is 42.8 Å². The highest BCUT2D eigenvalue weighted by atomic mass is 16.2. The number of hydrogen-bond donors (Lipinski definition) is 0. The predicted octanol–water partition coefficient (Wildman–Crippen LogP) is 3.69. The van der Waals surface area contributed by atoms with Crippen molar-refractivity contribution in [3.05, 3.63) is 65.9 Å². The second-order valence-electron chi connectivity index (χ2n) is 9.58. The molecule has 1 amide bonds. The van der Waals surface area contributed by atoms with Crippen LogP contribution in [0.25, 0.3) is 16.6 Å². The first-order valence-electron chi connectivity index (χ1n) is 12.2. The normalized spacial score (nSPS) is 20.3. The van der Waals surface area contributed by atoms with Crippen LogP contribution in [0.5, 0.6) is 0 Å². The van der Waals surface area contributed by atoms with E-state index in [0.29, 0.717) is 12.5 Å². The lowest BCUT2D eigenvalue weighted by Gasteiger charge is -2.43. The van der Waals surface area contributed by atoms with Crippen LogP contribution in [0.3, 0.4) is 0 Å². The lowest BCUT2D eigenvalue weighted by Crippen LogP contribution is -2.55. The molecule has 1 aromatic heterocycles. The van der Waals surface area contributed by atoms with Gasteiger partial charge in [0.2, 0.25) is 5.91 Å². The highest BCUT2D eigenvalue weighted by Gasteiger charge is 2.31. The van der Waals surface area contributed by atoms with E-state index < -0.39 is 0 Å². The van der Waals surface area contributed by atoms with Crippen LogP contribution in [0.2, 0.25) is 0 Å². The Morgan fingerprint density at radius 3 is 2.38 bits per heavy atom. The molecule has 3 aromatic rings. The van der Waals surface area contributed by atoms with Crippen molar-refractivity contribution in [1.29, 1.82) is 0 Å². The zero-order valence-corrected chi connectivity index (χ0v) is 18.7. The van der Waals surface area contributed by atoms with E-state index in [1.54, 1.807) is 0 Å². The van der Waals surface area contributed by atoms with Crippen LogP contribution in [0.1, 0.15) is 30.5 Å². The number of piperazine rings is 1. The zero-order valence-electron chi connectivity index (χ0n) is 18.7. The molecule has 5 heteroatoms. The summed E-state index contributed by atoms with van der Waals surface area (Å²) in [6.07, 6.45) is 5.07. The van der Waals surface area contributed by atoms with Gasteiger partial charge in [0.1, 0.15) is 0 Å². The Labute approximate surface area is 190 Å². The summed E-state index contributed by atoms with van der Waals surface area (Å²) in [5, 5.41) is 1.35. The summed E-state index contributed by atoms with van der Waals surface area (Å²) in [6, 6.07) is 20.1. The van der Waals surface area contributed by atoms with Gasteiger partial charge < -0.3 is 9.47 Å². The fourth-order valence-electron chi connectivity index (χ4n) is 5.75. The largest absolute Gasteiger partial charge is 0.339 e. The molecule has 0 radical (unpaired) electrons. The molecule has 0 N–H and O–H groups in total. The van der Waals surface area contributed by atoms with E-state index in [-0.39, 0.29) is 0 Å². The average molecular weight is 429 g/mol. The highest BCUT2D eigenvalue weighted by Crippen LogP contribution is 2.33. The Morgan fingerprint density at radius 2 is 1.62 bits per heavy atom. The molecule has 0 atom stereocenters. The van der Waals surface area contributed by atoms with Crippen molar-refractivity contribution in [1.82, 2.24) is 19.3 Å². The molecule has 2 fully saturated rings. The minimum atomic E-state index is 0.295. The second-order valence-corrected chi connectivity index (χ2v) is 9.58. The summed E-state index contributed by atoms with van der Waals surface area (Å²) >= 11 is 0. The number of para-hydroxylation sites is 2. The lowest BCUT2D eigenvalue weighted by molar-refractivity contribution is -0.135. The van der Waals surface area contributed by atoms with E-state index in [1.165, 1.54) is 47.1 Å². The Hall–Kier alpha value is -2.63. The van der Waals surface area contributed by atoms with Gasteiger partial charge in [-0.3, -0.25) is 14.6 Å². The molecule has 2 aromatic carbocycles. The van der Waals surface area contributed by atoms with Gasteiger partial charge in [0.25, 0.3) is 0 Å². The fraction of sp³-hybridized carbons (Fsp3) is 0.444. The molecule has 3 aliphatic rings. The number of hydrogen-bond acceptors (Lipinski definition) is 3. The maximum atomic E-state index is 13.1. The molecule has 0 bridgehead atoms. The molecule has 166 valence electrons. The zero-order chi connectivity index (χ0) is 21.5. The van der Waals surface area contributed by atoms with Gasteiger partial charge >= 0.3 is 0 Å². The number of aromatic nitrogens is 1. The van der Waals surface area contributed by atoms with Crippen molar-refractivity contribution in [2.75, 3.05) is 39.3 Å². The Kier molecular flexibility index (Phi) is 5.24. The first-order valence-corrected chi connectivity index (χ1v) is 12.2. The summed E-state index contributed by atoms with van der Waals surface area (Å²) in [5.41, 5.74) is 5.25. The van der Waals surface area contributed by atoms with Gasteiger partial charge in [-0.25, -0.2) is 0 Å². The van der Waals surface area contributed by atoms with Crippen LogP contribution in [0, 0.1) is 0 Å². The van der Waals surface area contributed by atoms with E-state index >= 15 is 0 Å². The van der Waals surface area contributed by atoms with Gasteiger partial charge in [0.15, 0.2) is 0 Å². The number of carbonyl (C=O) groups is 1. The Bertz CT molecular complexity index is 1110. The smallest absolute Gasteiger partial charge is 0.236 e. The quantitative estimate of drug-likeness (QED) is 0.635. The van der Waals surface area contributed by atoms with Crippen molar-refractivity contribution in [3.8, 4) is 5.69 Å². The maximum Gasteiger partial charge on any atom is 0.236 e. The van der Waals surface area contributed by atoms with E-state index in [9.17, 15) is 4.79 Å². The number of nitrogens with zero attached hydrogens (tertiary/aromatic N) is 4. The first kappa shape index (κ1) is 20.0. The van der Waals surface area contributed by atoms with Crippen LogP contribution in [-0.2, 0) is 17.8 Å². The number of benzene rings is 2. The lowest BCUT2D eigenvalue weighted by atomic mass is 9.91. The third kappa shape index (κ3) is 3.54. The summed E-state index contributed by atoms with van der Waals surface area (Å²) in [6.45, 7) is 6.17. The predicted molar refractivity (Wildman–Crippen MR) is 128 cm³/mol. The van der Waals surface area contributed by atoms with E-state index in [4.69, 9.17) is 0 Å². The van der Waals surface area contributed by atoms with Gasteiger partial charge in [-0.2, -0.15) is 0 Å². The van der Waals surface area contributed by atoms with Crippen LogP contribution in [0.15, 0.2) is 54.6 Å². The van der Waals surface area contributed by atoms with Crippen LogP contribution >= 0.6 is 0 Å². The number of rotatable bonds is 4. The topological polar surface area (TPSA) is 31.7 Å². The summed E-state index contributed by atoms with van der Waals surface area (Å²) in [4.78, 5) is 20.2. The maximum absolute atomic E-state index is 13.1. The van der Waals surface area contributed by atoms with Crippen molar-refractivity contribution in [2.24, 2.45) is 0 Å². The van der Waals surface area contributed by atoms with Crippen LogP contribution < -0.4 is 0 Å². The summed E-state index contributed by atoms with van der Waals surface area (Å²) in [5.74, 6) is 0.295. The molecule has 1 aliphatic carbocycles. The number of amides is 1. The van der Waals surface area contributed by atoms with Gasteiger partial charge in [-0.15, -0.1) is 0 Å². The van der Waals surface area contributed by atoms with Crippen LogP contribution in [0.4, 0.5) is 0 Å². The third-order valence-electron chi connectivity index (χ3n) is 7.77. The SMILES string of the molecule is O=C(CN1CCc2c(n(-c3ccccc3)c3ccccc23)C1)N1CCN(C2CCC2)CC1. The van der Waals surface area contributed by atoms with E-state index in [1.807, 2.05) is 0 Å². The molecule has 0 unspecified atom stereocenters. The van der Waals surface area contributed by atoms with E-state index in [0.717, 1.165) is 51.7 Å². The highest BCUT2D eigenvalue weighted by molar-refractivity contribution is 5.87. The molecule has 1 saturated heterocycles. The molecule has 3 heterocycles. The van der Waals surface area contributed by atoms with Crippen molar-refractivity contribution >= 4 is 16.8 Å². The van der Waals surface area contributed by atoms with Crippen LogP contribution in [-0.4, -0.2) is 70.5 Å². The number of fused-ring (bicyclic) bond motifs is 3. The molecule has 1 saturated carbocycles. The van der Waals surface area contributed by atoms with Gasteiger partial charge in [0, 0.05) is 62.1 Å². The van der Waals surface area contributed by atoms with Gasteiger partial charge in [-0.05, 0) is 43.0 Å². The summed E-state index contributed by atoms with van der Waals surface area (Å²) in [7, 11) is 0. The molecule has 6 rings (SSSR count). The number of carbonyl (C=O) groups excluding carboxylic acids is 1.